The van der Waals surface area contributed by atoms with Gasteiger partial charge in [0.2, 0.25) is 5.78 Å². The summed E-state index contributed by atoms with van der Waals surface area (Å²) < 4.78 is 6.38. The van der Waals surface area contributed by atoms with E-state index < -0.39 is 5.97 Å². The lowest BCUT2D eigenvalue weighted by Gasteiger charge is -2.10. The van der Waals surface area contributed by atoms with Crippen molar-refractivity contribution in [1.29, 1.82) is 0 Å². The Kier molecular flexibility index (Phi) is 5.23. The number of halogens is 1. The Morgan fingerprint density at radius 2 is 2.00 bits per heavy atom. The number of hydrogen-bond acceptors (Lipinski definition) is 5. The maximum atomic E-state index is 13.0. The Morgan fingerprint density at radius 3 is 2.73 bits per heavy atom. The van der Waals surface area contributed by atoms with E-state index in [0.717, 1.165) is 0 Å². The third-order valence-electron chi connectivity index (χ3n) is 3.80. The zero-order valence-corrected chi connectivity index (χ0v) is 15.1. The van der Waals surface area contributed by atoms with Gasteiger partial charge in [0, 0.05) is 29.1 Å². The minimum absolute atomic E-state index is 0.186. The number of pyridine rings is 1. The van der Waals surface area contributed by atoms with Gasteiger partial charge in [-0.2, -0.15) is 4.73 Å². The van der Waals surface area contributed by atoms with Crippen LogP contribution in [0.1, 0.15) is 35.9 Å². The second-order valence-corrected chi connectivity index (χ2v) is 6.09. The van der Waals surface area contributed by atoms with Crippen molar-refractivity contribution in [1.82, 2.24) is 9.71 Å². The first-order valence-electron chi connectivity index (χ1n) is 8.10. The van der Waals surface area contributed by atoms with Crippen molar-refractivity contribution in [2.75, 3.05) is 7.11 Å². The standard InChI is InChI=1S/C19H17ClN2O4/c1-3-4-18(23)26-22-16-6-5-13(20)9-12(16)10-17(22)19(24)15-11-14(25-2)7-8-21-15/h5-11H,3-4H2,1-2H3. The number of nitrogens with zero attached hydrogens (tertiary/aromatic N) is 2. The molecule has 7 heteroatoms. The monoisotopic (exact) mass is 372 g/mol. The fourth-order valence-electron chi connectivity index (χ4n) is 2.56. The highest BCUT2D eigenvalue weighted by Crippen LogP contribution is 2.25. The first kappa shape index (κ1) is 17.9. The van der Waals surface area contributed by atoms with E-state index in [9.17, 15) is 9.59 Å². The van der Waals surface area contributed by atoms with Gasteiger partial charge in [-0.1, -0.05) is 18.5 Å². The Labute approximate surface area is 155 Å². The summed E-state index contributed by atoms with van der Waals surface area (Å²) in [5.74, 6) is -0.301. The summed E-state index contributed by atoms with van der Waals surface area (Å²) in [6.45, 7) is 1.88. The van der Waals surface area contributed by atoms with Crippen LogP contribution in [0.3, 0.4) is 0 Å². The zero-order valence-electron chi connectivity index (χ0n) is 14.4. The van der Waals surface area contributed by atoms with E-state index in [4.69, 9.17) is 21.2 Å². The highest BCUT2D eigenvalue weighted by molar-refractivity contribution is 6.31. The van der Waals surface area contributed by atoms with Gasteiger partial charge in [-0.3, -0.25) is 9.78 Å². The molecule has 2 aromatic heterocycles. The van der Waals surface area contributed by atoms with Crippen LogP contribution >= 0.6 is 11.6 Å². The van der Waals surface area contributed by atoms with Crippen LogP contribution in [0.4, 0.5) is 0 Å². The third-order valence-corrected chi connectivity index (χ3v) is 4.03. The van der Waals surface area contributed by atoms with Gasteiger partial charge in [0.25, 0.3) is 0 Å². The van der Waals surface area contributed by atoms with E-state index in [0.29, 0.717) is 28.1 Å². The average Bonchev–Trinajstić information content (AvgIpc) is 2.98. The molecule has 3 aromatic rings. The van der Waals surface area contributed by atoms with Crippen molar-refractivity contribution in [2.24, 2.45) is 0 Å². The molecule has 134 valence electrons. The van der Waals surface area contributed by atoms with Crippen molar-refractivity contribution >= 4 is 34.3 Å². The van der Waals surface area contributed by atoms with Crippen molar-refractivity contribution in [3.8, 4) is 5.75 Å². The molecule has 0 aliphatic heterocycles. The van der Waals surface area contributed by atoms with Gasteiger partial charge < -0.3 is 9.57 Å². The van der Waals surface area contributed by atoms with Gasteiger partial charge in [-0.15, -0.1) is 0 Å². The predicted molar refractivity (Wildman–Crippen MR) is 97.7 cm³/mol. The molecule has 26 heavy (non-hydrogen) atoms. The largest absolute Gasteiger partial charge is 0.497 e. The zero-order chi connectivity index (χ0) is 18.7. The van der Waals surface area contributed by atoms with Crippen LogP contribution in [0, 0.1) is 0 Å². The first-order valence-corrected chi connectivity index (χ1v) is 8.48. The molecule has 0 unspecified atom stereocenters. The van der Waals surface area contributed by atoms with Gasteiger partial charge in [-0.25, -0.2) is 4.79 Å². The number of methoxy groups -OCH3 is 1. The van der Waals surface area contributed by atoms with E-state index in [-0.39, 0.29) is 23.6 Å². The number of ketones is 1. The van der Waals surface area contributed by atoms with Crippen LogP contribution in [0.5, 0.6) is 5.75 Å². The lowest BCUT2D eigenvalue weighted by Crippen LogP contribution is -2.23. The predicted octanol–water partition coefficient (Wildman–Crippen LogP) is 3.68. The summed E-state index contributed by atoms with van der Waals surface area (Å²) in [7, 11) is 1.51. The minimum Gasteiger partial charge on any atom is -0.497 e. The number of fused-ring (bicyclic) bond motifs is 1. The van der Waals surface area contributed by atoms with Crippen LogP contribution in [-0.2, 0) is 4.79 Å². The number of rotatable bonds is 6. The van der Waals surface area contributed by atoms with Crippen LogP contribution in [-0.4, -0.2) is 28.6 Å². The highest BCUT2D eigenvalue weighted by Gasteiger charge is 2.21. The number of aromatic nitrogens is 2. The molecule has 2 heterocycles. The molecule has 0 amide bonds. The lowest BCUT2D eigenvalue weighted by atomic mass is 10.2. The number of benzene rings is 1. The van der Waals surface area contributed by atoms with Gasteiger partial charge >= 0.3 is 5.97 Å². The van der Waals surface area contributed by atoms with Crippen molar-refractivity contribution < 1.29 is 19.2 Å². The van der Waals surface area contributed by atoms with Gasteiger partial charge in [0.05, 0.1) is 12.6 Å². The molecule has 0 N–H and O–H groups in total. The fourth-order valence-corrected chi connectivity index (χ4v) is 2.74. The second kappa shape index (κ2) is 7.58. The van der Waals surface area contributed by atoms with Crippen LogP contribution in [0.2, 0.25) is 5.02 Å². The molecule has 0 saturated heterocycles. The molecular weight excluding hydrogens is 356 g/mol. The van der Waals surface area contributed by atoms with Crippen molar-refractivity contribution in [2.45, 2.75) is 19.8 Å². The number of ether oxygens (including phenoxy) is 1. The summed E-state index contributed by atoms with van der Waals surface area (Å²) in [6.07, 6.45) is 2.38. The second-order valence-electron chi connectivity index (χ2n) is 5.65. The molecule has 0 spiro atoms. The molecule has 1 aromatic carbocycles. The topological polar surface area (TPSA) is 70.4 Å². The third kappa shape index (κ3) is 3.55. The lowest BCUT2D eigenvalue weighted by molar-refractivity contribution is -0.143. The van der Waals surface area contributed by atoms with E-state index in [1.807, 2.05) is 6.92 Å². The summed E-state index contributed by atoms with van der Waals surface area (Å²) in [5.41, 5.74) is 0.948. The summed E-state index contributed by atoms with van der Waals surface area (Å²) in [5, 5.41) is 1.21. The quantitative estimate of drug-likeness (QED) is 0.617. The van der Waals surface area contributed by atoms with E-state index in [2.05, 4.69) is 4.98 Å². The first-order chi connectivity index (χ1) is 12.5. The summed E-state index contributed by atoms with van der Waals surface area (Å²) in [6, 6.07) is 9.89. The highest BCUT2D eigenvalue weighted by atomic mass is 35.5. The van der Waals surface area contributed by atoms with Crippen LogP contribution in [0.25, 0.3) is 10.9 Å². The van der Waals surface area contributed by atoms with Crippen LogP contribution in [0.15, 0.2) is 42.6 Å². The maximum absolute atomic E-state index is 13.0. The number of hydrogen-bond donors (Lipinski definition) is 0. The minimum atomic E-state index is -0.424. The summed E-state index contributed by atoms with van der Waals surface area (Å²) >= 11 is 6.04. The van der Waals surface area contributed by atoms with E-state index in [1.54, 1.807) is 30.3 Å². The van der Waals surface area contributed by atoms with Crippen LogP contribution < -0.4 is 9.57 Å². The molecule has 0 bridgehead atoms. The van der Waals surface area contributed by atoms with Crippen molar-refractivity contribution in [3.63, 3.8) is 0 Å². The SMILES string of the molecule is CCCC(=O)On1c(C(=O)c2cc(OC)ccn2)cc2cc(Cl)ccc21. The van der Waals surface area contributed by atoms with Gasteiger partial charge in [0.15, 0.2) is 0 Å². The Bertz CT molecular complexity index is 981. The molecule has 0 saturated carbocycles. The van der Waals surface area contributed by atoms with E-state index >= 15 is 0 Å². The normalized spacial score (nSPS) is 10.7. The molecule has 0 aliphatic carbocycles. The molecule has 6 nitrogen and oxygen atoms in total. The maximum Gasteiger partial charge on any atom is 0.332 e. The average molecular weight is 373 g/mol. The van der Waals surface area contributed by atoms with Gasteiger partial charge in [-0.05, 0) is 36.8 Å². The molecule has 0 atom stereocenters. The Hall–Kier alpha value is -2.86. The molecule has 0 fully saturated rings. The Morgan fingerprint density at radius 1 is 1.19 bits per heavy atom. The molecule has 0 radical (unpaired) electrons. The Balaban J connectivity index is 2.10. The summed E-state index contributed by atoms with van der Waals surface area (Å²) in [4.78, 5) is 34.5. The number of carbonyl (C=O) groups is 2. The van der Waals surface area contributed by atoms with Crippen molar-refractivity contribution in [3.05, 3.63) is 59.0 Å². The van der Waals surface area contributed by atoms with E-state index in [1.165, 1.54) is 24.1 Å². The molecule has 0 aliphatic rings. The molecule has 3 rings (SSSR count). The number of carbonyl (C=O) groups excluding carboxylic acids is 2. The molecular formula is C19H17ClN2O4. The smallest absolute Gasteiger partial charge is 0.332 e. The fraction of sp³-hybridized carbons (Fsp3) is 0.211. The van der Waals surface area contributed by atoms with Gasteiger partial charge in [0.1, 0.15) is 17.1 Å².